The van der Waals surface area contributed by atoms with Crippen LogP contribution in [0.2, 0.25) is 0 Å². The van der Waals surface area contributed by atoms with Crippen molar-refractivity contribution < 1.29 is 19.1 Å². The van der Waals surface area contributed by atoms with E-state index in [9.17, 15) is 9.59 Å². The molecule has 2 heterocycles. The zero-order chi connectivity index (χ0) is 18.8. The minimum Gasteiger partial charge on any atom is -0.486 e. The van der Waals surface area contributed by atoms with Gasteiger partial charge in [0.2, 0.25) is 0 Å². The van der Waals surface area contributed by atoms with E-state index < -0.39 is 11.7 Å². The summed E-state index contributed by atoms with van der Waals surface area (Å²) < 4.78 is 13.2. The Kier molecular flexibility index (Phi) is 4.97. The van der Waals surface area contributed by atoms with Gasteiger partial charge in [-0.3, -0.25) is 14.3 Å². The minimum atomic E-state index is -0.547. The molecule has 1 aromatic heterocycles. The summed E-state index contributed by atoms with van der Waals surface area (Å²) >= 11 is 0. The lowest BCUT2D eigenvalue weighted by atomic mass is 10.1. The predicted molar refractivity (Wildman–Crippen MR) is 95.6 cm³/mol. The van der Waals surface area contributed by atoms with E-state index in [1.165, 1.54) is 4.90 Å². The average Bonchev–Trinajstić information content (AvgIpc) is 2.90. The number of fused-ring (bicyclic) bond motifs is 1. The molecule has 1 aliphatic heterocycles. The molecule has 0 saturated carbocycles. The predicted octanol–water partition coefficient (Wildman–Crippen LogP) is 1.91. The van der Waals surface area contributed by atoms with E-state index in [4.69, 9.17) is 9.47 Å². The van der Waals surface area contributed by atoms with Crippen LogP contribution < -0.4 is 9.47 Å². The molecular weight excluding hydrogens is 334 g/mol. The fraction of sp³-hybridized carbons (Fsp3) is 0.421. The lowest BCUT2D eigenvalue weighted by molar-refractivity contribution is -0.127. The highest BCUT2D eigenvalue weighted by Gasteiger charge is 2.30. The maximum absolute atomic E-state index is 12.8. The molecule has 7 heteroatoms. The first-order valence-corrected chi connectivity index (χ1v) is 8.64. The molecule has 1 aromatic carbocycles. The highest BCUT2D eigenvalue weighted by atomic mass is 16.6. The summed E-state index contributed by atoms with van der Waals surface area (Å²) in [6.45, 7) is 6.38. The second kappa shape index (κ2) is 7.19. The van der Waals surface area contributed by atoms with Crippen LogP contribution in [0.5, 0.6) is 11.5 Å². The smallest absolute Gasteiger partial charge is 0.295 e. The molecule has 3 rings (SSSR count). The normalized spacial score (nSPS) is 15.6. The average molecular weight is 357 g/mol. The summed E-state index contributed by atoms with van der Waals surface area (Å²) in [7, 11) is 1.76. The number of hydrogen-bond acceptors (Lipinski definition) is 5. The second-order valence-electron chi connectivity index (χ2n) is 6.34. The SMILES string of the molecule is CCN(CC1COc2ccccc2O1)C(=O)C(=O)c1c(C)nn(C)c1C. The van der Waals surface area contributed by atoms with E-state index in [2.05, 4.69) is 5.10 Å². The zero-order valence-corrected chi connectivity index (χ0v) is 15.5. The van der Waals surface area contributed by atoms with Crippen LogP contribution in [0.4, 0.5) is 0 Å². The molecule has 0 aliphatic carbocycles. The monoisotopic (exact) mass is 357 g/mol. The van der Waals surface area contributed by atoms with Crippen LogP contribution in [-0.2, 0) is 11.8 Å². The van der Waals surface area contributed by atoms with E-state index in [1.54, 1.807) is 25.6 Å². The van der Waals surface area contributed by atoms with Crippen LogP contribution in [0.15, 0.2) is 24.3 Å². The van der Waals surface area contributed by atoms with Crippen molar-refractivity contribution in [1.29, 1.82) is 0 Å². The number of rotatable bonds is 5. The molecule has 2 aromatic rings. The summed E-state index contributed by atoms with van der Waals surface area (Å²) in [4.78, 5) is 27.0. The molecule has 138 valence electrons. The van der Waals surface area contributed by atoms with Crippen molar-refractivity contribution in [3.63, 3.8) is 0 Å². The van der Waals surface area contributed by atoms with Crippen LogP contribution in [0.1, 0.15) is 28.7 Å². The number of benzene rings is 1. The topological polar surface area (TPSA) is 73.7 Å². The Morgan fingerprint density at radius 2 is 1.96 bits per heavy atom. The minimum absolute atomic E-state index is 0.285. The van der Waals surface area contributed by atoms with E-state index in [-0.39, 0.29) is 12.6 Å². The number of ketones is 1. The first kappa shape index (κ1) is 18.0. The third kappa shape index (κ3) is 3.29. The Morgan fingerprint density at radius 3 is 2.58 bits per heavy atom. The van der Waals surface area contributed by atoms with Crippen LogP contribution in [0.25, 0.3) is 0 Å². The third-order valence-corrected chi connectivity index (χ3v) is 4.59. The van der Waals surface area contributed by atoms with E-state index in [0.717, 1.165) is 0 Å². The molecule has 1 amide bonds. The molecule has 0 N–H and O–H groups in total. The Bertz CT molecular complexity index is 843. The first-order chi connectivity index (χ1) is 12.4. The Labute approximate surface area is 152 Å². The highest BCUT2D eigenvalue weighted by Crippen LogP contribution is 2.31. The number of aromatic nitrogens is 2. The third-order valence-electron chi connectivity index (χ3n) is 4.59. The molecule has 1 unspecified atom stereocenters. The van der Waals surface area contributed by atoms with Crippen molar-refractivity contribution in [3.05, 3.63) is 41.2 Å². The zero-order valence-electron chi connectivity index (χ0n) is 15.5. The Hall–Kier alpha value is -2.83. The fourth-order valence-electron chi connectivity index (χ4n) is 3.11. The van der Waals surface area contributed by atoms with Gasteiger partial charge in [-0.15, -0.1) is 0 Å². The number of likely N-dealkylation sites (N-methyl/N-ethyl adjacent to an activating group) is 1. The molecule has 1 aliphatic rings. The lowest BCUT2D eigenvalue weighted by Gasteiger charge is -2.30. The number of carbonyl (C=O) groups is 2. The van der Waals surface area contributed by atoms with Crippen LogP contribution >= 0.6 is 0 Å². The van der Waals surface area contributed by atoms with Gasteiger partial charge in [0, 0.05) is 19.3 Å². The molecule has 0 saturated heterocycles. The molecule has 0 fully saturated rings. The maximum atomic E-state index is 12.8. The molecule has 26 heavy (non-hydrogen) atoms. The van der Waals surface area contributed by atoms with Crippen molar-refractivity contribution >= 4 is 11.7 Å². The number of ether oxygens (including phenoxy) is 2. The van der Waals surface area contributed by atoms with Crippen molar-refractivity contribution in [2.45, 2.75) is 26.9 Å². The van der Waals surface area contributed by atoms with Gasteiger partial charge in [-0.1, -0.05) is 12.1 Å². The number of amides is 1. The molecular formula is C19H23N3O4. The summed E-state index contributed by atoms with van der Waals surface area (Å²) in [5.74, 6) is 0.259. The van der Waals surface area contributed by atoms with Gasteiger partial charge in [0.1, 0.15) is 6.61 Å². The Morgan fingerprint density at radius 1 is 1.27 bits per heavy atom. The van der Waals surface area contributed by atoms with Gasteiger partial charge in [-0.05, 0) is 32.9 Å². The van der Waals surface area contributed by atoms with E-state index in [1.807, 2.05) is 31.2 Å². The number of carbonyl (C=O) groups excluding carboxylic acids is 2. The summed E-state index contributed by atoms with van der Waals surface area (Å²) in [5.41, 5.74) is 1.62. The number of hydrogen-bond donors (Lipinski definition) is 0. The molecule has 0 radical (unpaired) electrons. The van der Waals surface area contributed by atoms with Gasteiger partial charge in [0.25, 0.3) is 11.7 Å². The quantitative estimate of drug-likeness (QED) is 0.604. The van der Waals surface area contributed by atoms with Gasteiger partial charge >= 0.3 is 0 Å². The van der Waals surface area contributed by atoms with Crippen molar-refractivity contribution in [2.75, 3.05) is 19.7 Å². The molecule has 0 bridgehead atoms. The number of nitrogens with zero attached hydrogens (tertiary/aromatic N) is 3. The molecule has 0 spiro atoms. The van der Waals surface area contributed by atoms with Crippen molar-refractivity contribution in [1.82, 2.24) is 14.7 Å². The summed E-state index contributed by atoms with van der Waals surface area (Å²) in [5, 5.41) is 4.22. The molecule has 7 nitrogen and oxygen atoms in total. The number of aryl methyl sites for hydroxylation is 2. The van der Waals surface area contributed by atoms with E-state index in [0.29, 0.717) is 41.6 Å². The van der Waals surface area contributed by atoms with Crippen molar-refractivity contribution in [2.24, 2.45) is 7.05 Å². The highest BCUT2D eigenvalue weighted by molar-refractivity contribution is 6.43. The van der Waals surface area contributed by atoms with Crippen LogP contribution in [-0.4, -0.2) is 52.2 Å². The Balaban J connectivity index is 1.73. The number of para-hydroxylation sites is 2. The van der Waals surface area contributed by atoms with E-state index >= 15 is 0 Å². The summed E-state index contributed by atoms with van der Waals surface area (Å²) in [6, 6.07) is 7.41. The molecule has 1 atom stereocenters. The van der Waals surface area contributed by atoms with Gasteiger partial charge in [0.15, 0.2) is 17.6 Å². The van der Waals surface area contributed by atoms with Crippen molar-refractivity contribution in [3.8, 4) is 11.5 Å². The first-order valence-electron chi connectivity index (χ1n) is 8.64. The number of Topliss-reactive ketones (excluding diaryl/α,β-unsaturated/α-hetero) is 1. The van der Waals surface area contributed by atoms with Crippen LogP contribution in [0.3, 0.4) is 0 Å². The largest absolute Gasteiger partial charge is 0.486 e. The maximum Gasteiger partial charge on any atom is 0.295 e. The van der Waals surface area contributed by atoms with Gasteiger partial charge in [-0.2, -0.15) is 5.10 Å². The fourth-order valence-corrected chi connectivity index (χ4v) is 3.11. The van der Waals surface area contributed by atoms with Gasteiger partial charge in [-0.25, -0.2) is 0 Å². The van der Waals surface area contributed by atoms with Gasteiger partial charge < -0.3 is 14.4 Å². The van der Waals surface area contributed by atoms with Crippen LogP contribution in [0, 0.1) is 13.8 Å². The van der Waals surface area contributed by atoms with Gasteiger partial charge in [0.05, 0.1) is 17.8 Å². The second-order valence-corrected chi connectivity index (χ2v) is 6.34. The lowest BCUT2D eigenvalue weighted by Crippen LogP contribution is -2.46. The standard InChI is InChI=1S/C19H23N3O4/c1-5-22(10-14-11-25-15-8-6-7-9-16(15)26-14)19(24)18(23)17-12(2)20-21(4)13(17)3/h6-9,14H,5,10-11H2,1-4H3. The summed E-state index contributed by atoms with van der Waals surface area (Å²) in [6.07, 6.45) is -0.322.